The van der Waals surface area contributed by atoms with Crippen LogP contribution in [-0.4, -0.2) is 0 Å². The predicted octanol–water partition coefficient (Wildman–Crippen LogP) is 12.8. The molecule has 2 aliphatic rings. The van der Waals surface area contributed by atoms with E-state index in [2.05, 4.69) is 172 Å². The average Bonchev–Trinajstić information content (AvgIpc) is 3.69. The molecule has 0 spiro atoms. The number of hydrogen-bond acceptors (Lipinski definition) is 2. The van der Waals surface area contributed by atoms with Crippen molar-refractivity contribution >= 4 is 49.8 Å². The molecule has 0 saturated heterocycles. The van der Waals surface area contributed by atoms with Gasteiger partial charge in [0, 0.05) is 27.3 Å². The molecule has 230 valence electrons. The number of para-hydroxylation sites is 1. The molecule has 0 aliphatic heterocycles. The Balaban J connectivity index is 1.41. The molecule has 0 fully saturated rings. The summed E-state index contributed by atoms with van der Waals surface area (Å²) in [7, 11) is 0. The highest BCUT2D eigenvalue weighted by Crippen LogP contribution is 2.60. The second-order valence-electron chi connectivity index (χ2n) is 14.5. The molecule has 0 amide bonds. The van der Waals surface area contributed by atoms with Crippen molar-refractivity contribution in [3.8, 4) is 22.3 Å². The zero-order valence-electron chi connectivity index (χ0n) is 27.6. The van der Waals surface area contributed by atoms with Crippen molar-refractivity contribution in [2.24, 2.45) is 0 Å². The molecule has 2 nitrogen and oxygen atoms in total. The maximum absolute atomic E-state index is 6.52. The predicted molar refractivity (Wildman–Crippen MR) is 201 cm³/mol. The standard InChI is InChI=1S/C46H35NO/c1-45(2)33-20-10-7-17-30(33)41-35(45)22-13-23-36(41)47(37-24-14-26-40-42(37)32-19-9-12-25-39(32)48-40)38-27-28-15-5-6-16-29(28)44-43(38)31-18-8-11-21-34(31)46(44,3)4/h5-27H,1-4H3. The summed E-state index contributed by atoms with van der Waals surface area (Å²) in [5, 5.41) is 4.81. The second kappa shape index (κ2) is 9.49. The van der Waals surface area contributed by atoms with E-state index in [1.54, 1.807) is 0 Å². The van der Waals surface area contributed by atoms with Gasteiger partial charge in [0.25, 0.3) is 0 Å². The quantitative estimate of drug-likeness (QED) is 0.196. The molecule has 48 heavy (non-hydrogen) atoms. The molecule has 1 aromatic heterocycles. The Labute approximate surface area is 280 Å². The van der Waals surface area contributed by atoms with E-state index < -0.39 is 0 Å². The minimum atomic E-state index is -0.172. The third-order valence-corrected chi connectivity index (χ3v) is 11.2. The lowest BCUT2D eigenvalue weighted by atomic mass is 9.80. The van der Waals surface area contributed by atoms with Gasteiger partial charge in [-0.05, 0) is 74.5 Å². The Hall–Kier alpha value is -5.60. The maximum Gasteiger partial charge on any atom is 0.137 e. The Bertz CT molecular complexity index is 2630. The van der Waals surface area contributed by atoms with E-state index in [0.717, 1.165) is 27.6 Å². The molecule has 0 saturated carbocycles. The third-order valence-electron chi connectivity index (χ3n) is 11.2. The molecule has 0 atom stereocenters. The van der Waals surface area contributed by atoms with Gasteiger partial charge in [0.05, 0.1) is 22.4 Å². The summed E-state index contributed by atoms with van der Waals surface area (Å²) >= 11 is 0. The molecule has 0 unspecified atom stereocenters. The fraction of sp³-hybridized carbons (Fsp3) is 0.130. The van der Waals surface area contributed by atoms with E-state index in [1.165, 1.54) is 66.7 Å². The van der Waals surface area contributed by atoms with Crippen LogP contribution in [0.15, 0.2) is 144 Å². The molecular formula is C46H35NO. The fourth-order valence-corrected chi connectivity index (χ4v) is 9.06. The van der Waals surface area contributed by atoms with Crippen molar-refractivity contribution < 1.29 is 4.42 Å². The summed E-state index contributed by atoms with van der Waals surface area (Å²) in [6.07, 6.45) is 0. The van der Waals surface area contributed by atoms with Crippen LogP contribution in [0.5, 0.6) is 0 Å². The molecule has 0 N–H and O–H groups in total. The summed E-state index contributed by atoms with van der Waals surface area (Å²) < 4.78 is 6.52. The third kappa shape index (κ3) is 3.47. The van der Waals surface area contributed by atoms with Gasteiger partial charge in [-0.25, -0.2) is 0 Å². The van der Waals surface area contributed by atoms with Crippen LogP contribution in [0.1, 0.15) is 49.9 Å². The van der Waals surface area contributed by atoms with Crippen molar-refractivity contribution in [1.29, 1.82) is 0 Å². The van der Waals surface area contributed by atoms with Crippen LogP contribution in [0.3, 0.4) is 0 Å². The largest absolute Gasteiger partial charge is 0.456 e. The zero-order valence-corrected chi connectivity index (χ0v) is 27.6. The lowest BCUT2D eigenvalue weighted by Gasteiger charge is -2.32. The minimum absolute atomic E-state index is 0.123. The van der Waals surface area contributed by atoms with Crippen LogP contribution in [0.25, 0.3) is 55.0 Å². The minimum Gasteiger partial charge on any atom is -0.456 e. The van der Waals surface area contributed by atoms with Gasteiger partial charge in [0.1, 0.15) is 11.2 Å². The van der Waals surface area contributed by atoms with Gasteiger partial charge < -0.3 is 9.32 Å². The van der Waals surface area contributed by atoms with Gasteiger partial charge in [-0.2, -0.15) is 0 Å². The second-order valence-corrected chi connectivity index (χ2v) is 14.5. The Kier molecular flexibility index (Phi) is 5.44. The number of furan rings is 1. The van der Waals surface area contributed by atoms with Crippen LogP contribution in [0.4, 0.5) is 17.1 Å². The smallest absolute Gasteiger partial charge is 0.137 e. The van der Waals surface area contributed by atoms with E-state index in [4.69, 9.17) is 4.42 Å². The van der Waals surface area contributed by atoms with E-state index in [-0.39, 0.29) is 10.8 Å². The van der Waals surface area contributed by atoms with Crippen LogP contribution < -0.4 is 4.90 Å². The number of benzene rings is 7. The Morgan fingerprint density at radius 2 is 1.04 bits per heavy atom. The van der Waals surface area contributed by atoms with Gasteiger partial charge >= 0.3 is 0 Å². The van der Waals surface area contributed by atoms with Gasteiger partial charge in [-0.3, -0.25) is 0 Å². The van der Waals surface area contributed by atoms with Crippen LogP contribution >= 0.6 is 0 Å². The summed E-state index contributed by atoms with van der Waals surface area (Å²) in [6, 6.07) is 51.2. The fourth-order valence-electron chi connectivity index (χ4n) is 9.06. The summed E-state index contributed by atoms with van der Waals surface area (Å²) in [4.78, 5) is 2.56. The van der Waals surface area contributed by atoms with Gasteiger partial charge in [0.2, 0.25) is 0 Å². The summed E-state index contributed by atoms with van der Waals surface area (Å²) in [6.45, 7) is 9.51. The highest BCUT2D eigenvalue weighted by molar-refractivity contribution is 6.16. The molecule has 8 aromatic rings. The first-order valence-corrected chi connectivity index (χ1v) is 17.0. The monoisotopic (exact) mass is 617 g/mol. The van der Waals surface area contributed by atoms with E-state index in [0.29, 0.717) is 0 Å². The molecule has 0 bridgehead atoms. The number of fused-ring (bicyclic) bond motifs is 11. The number of anilines is 3. The number of rotatable bonds is 3. The maximum atomic E-state index is 6.52. The van der Waals surface area contributed by atoms with Crippen LogP contribution in [0.2, 0.25) is 0 Å². The van der Waals surface area contributed by atoms with Crippen molar-refractivity contribution in [3.05, 3.63) is 162 Å². The Morgan fingerprint density at radius 1 is 0.458 bits per heavy atom. The SMILES string of the molecule is CC1(C)c2ccccc2-c2c(N(c3cc4ccccc4c4c3-c3ccccc3C4(C)C)c3cccc4oc5ccccc5c34)cccc21. The summed E-state index contributed by atoms with van der Waals surface area (Å²) in [5.41, 5.74) is 15.7. The highest BCUT2D eigenvalue weighted by atomic mass is 16.3. The van der Waals surface area contributed by atoms with Crippen molar-refractivity contribution in [1.82, 2.24) is 0 Å². The molecule has 0 radical (unpaired) electrons. The lowest BCUT2D eigenvalue weighted by Crippen LogP contribution is -2.18. The first-order valence-electron chi connectivity index (χ1n) is 17.0. The molecule has 10 rings (SSSR count). The van der Waals surface area contributed by atoms with Gasteiger partial charge in [0.15, 0.2) is 0 Å². The van der Waals surface area contributed by atoms with Crippen LogP contribution in [-0.2, 0) is 10.8 Å². The van der Waals surface area contributed by atoms with Crippen molar-refractivity contribution in [2.45, 2.75) is 38.5 Å². The average molecular weight is 618 g/mol. The number of hydrogen-bond donors (Lipinski definition) is 0. The number of nitrogens with zero attached hydrogens (tertiary/aromatic N) is 1. The van der Waals surface area contributed by atoms with E-state index in [9.17, 15) is 0 Å². The lowest BCUT2D eigenvalue weighted by molar-refractivity contribution is 0.660. The molecular weight excluding hydrogens is 583 g/mol. The summed E-state index contributed by atoms with van der Waals surface area (Å²) in [5.74, 6) is 0. The molecule has 2 heteroatoms. The normalized spacial score (nSPS) is 15.0. The van der Waals surface area contributed by atoms with E-state index >= 15 is 0 Å². The Morgan fingerprint density at radius 3 is 1.85 bits per heavy atom. The van der Waals surface area contributed by atoms with Crippen LogP contribution in [0, 0.1) is 0 Å². The van der Waals surface area contributed by atoms with E-state index in [1.807, 2.05) is 0 Å². The highest BCUT2D eigenvalue weighted by Gasteiger charge is 2.42. The molecule has 2 aliphatic carbocycles. The molecule has 1 heterocycles. The first kappa shape index (κ1) is 27.5. The topological polar surface area (TPSA) is 16.4 Å². The van der Waals surface area contributed by atoms with Gasteiger partial charge in [-0.1, -0.05) is 137 Å². The van der Waals surface area contributed by atoms with Gasteiger partial charge in [-0.15, -0.1) is 0 Å². The molecule has 7 aromatic carbocycles. The van der Waals surface area contributed by atoms with Crippen molar-refractivity contribution in [2.75, 3.05) is 4.90 Å². The first-order chi connectivity index (χ1) is 23.4. The zero-order chi connectivity index (χ0) is 32.4. The van der Waals surface area contributed by atoms with Crippen molar-refractivity contribution in [3.63, 3.8) is 0 Å².